The second kappa shape index (κ2) is 9.21. The molecule has 1 unspecified atom stereocenters. The quantitative estimate of drug-likeness (QED) is 0.419. The highest BCUT2D eigenvalue weighted by atomic mass is 19.2. The van der Waals surface area contributed by atoms with Crippen molar-refractivity contribution in [2.45, 2.75) is 38.3 Å². The first kappa shape index (κ1) is 23.2. The number of aromatic amines is 1. The number of rotatable bonds is 6. The van der Waals surface area contributed by atoms with Gasteiger partial charge in [0.2, 0.25) is 0 Å². The second-order valence-electron chi connectivity index (χ2n) is 8.82. The molecule has 1 aromatic carbocycles. The van der Waals surface area contributed by atoms with Gasteiger partial charge in [-0.2, -0.15) is 5.10 Å². The van der Waals surface area contributed by atoms with E-state index in [2.05, 4.69) is 27.0 Å². The van der Waals surface area contributed by atoms with Gasteiger partial charge in [-0.15, -0.1) is 4.73 Å². The van der Waals surface area contributed by atoms with Crippen molar-refractivity contribution in [3.05, 3.63) is 70.3 Å². The van der Waals surface area contributed by atoms with Gasteiger partial charge in [0, 0.05) is 23.5 Å². The number of piperidine rings is 1. The maximum absolute atomic E-state index is 14.4. The van der Waals surface area contributed by atoms with Crippen LogP contribution in [0.25, 0.3) is 22.3 Å². The van der Waals surface area contributed by atoms with Crippen LogP contribution in [0.4, 0.5) is 13.2 Å². The molecule has 1 aliphatic heterocycles. The van der Waals surface area contributed by atoms with Crippen LogP contribution in [-0.2, 0) is 0 Å². The molecule has 1 aliphatic rings. The molecule has 1 atom stereocenters. The summed E-state index contributed by atoms with van der Waals surface area (Å²) in [5, 5.41) is 4.52. The number of benzene rings is 1. The lowest BCUT2D eigenvalue weighted by Gasteiger charge is -2.28. The summed E-state index contributed by atoms with van der Waals surface area (Å²) in [6, 6.07) is 3.55. The first-order valence-corrected chi connectivity index (χ1v) is 11.5. The molecule has 11 heteroatoms. The summed E-state index contributed by atoms with van der Waals surface area (Å²) in [6.45, 7) is 3.63. The van der Waals surface area contributed by atoms with Crippen LogP contribution in [0.15, 0.2) is 41.6 Å². The van der Waals surface area contributed by atoms with E-state index in [-0.39, 0.29) is 17.6 Å². The van der Waals surface area contributed by atoms with Gasteiger partial charge in [-0.25, -0.2) is 22.9 Å². The minimum atomic E-state index is -1.34. The Hall–Kier alpha value is -3.60. The predicted molar refractivity (Wildman–Crippen MR) is 123 cm³/mol. The summed E-state index contributed by atoms with van der Waals surface area (Å²) in [7, 11) is 2.10. The lowest BCUT2D eigenvalue weighted by atomic mass is 10.1. The van der Waals surface area contributed by atoms with Crippen LogP contribution in [0, 0.1) is 17.5 Å². The summed E-state index contributed by atoms with van der Waals surface area (Å²) in [6.07, 6.45) is 6.16. The molecule has 0 aliphatic carbocycles. The number of hydrogen-bond acceptors (Lipinski definition) is 5. The maximum atomic E-state index is 14.4. The number of likely N-dealkylation sites (tertiary alicyclic amines) is 1. The number of fused-ring (bicyclic) bond motifs is 1. The summed E-state index contributed by atoms with van der Waals surface area (Å²) in [4.78, 5) is 27.5. The third-order valence-electron chi connectivity index (χ3n) is 6.50. The normalized spacial score (nSPS) is 16.1. The molecule has 4 aromatic rings. The van der Waals surface area contributed by atoms with E-state index < -0.39 is 34.8 Å². The topological polar surface area (TPSA) is 81.0 Å². The summed E-state index contributed by atoms with van der Waals surface area (Å²) in [5.74, 6) is -3.49. The van der Waals surface area contributed by atoms with Crippen LogP contribution in [0.1, 0.15) is 43.9 Å². The fraction of sp³-hybridized carbons (Fsp3) is 0.375. The minimum Gasteiger partial charge on any atom is -0.401 e. The Morgan fingerprint density at radius 3 is 2.63 bits per heavy atom. The van der Waals surface area contributed by atoms with Crippen molar-refractivity contribution in [3.8, 4) is 11.1 Å². The van der Waals surface area contributed by atoms with Gasteiger partial charge in [0.1, 0.15) is 11.3 Å². The van der Waals surface area contributed by atoms with Gasteiger partial charge in [0.05, 0.1) is 17.8 Å². The molecule has 0 radical (unpaired) electrons. The molecule has 0 amide bonds. The Morgan fingerprint density at radius 1 is 1.14 bits per heavy atom. The number of imidazole rings is 1. The smallest absolute Gasteiger partial charge is 0.360 e. The van der Waals surface area contributed by atoms with Gasteiger partial charge in [-0.05, 0) is 57.6 Å². The number of nitrogens with one attached hydrogen (secondary N) is 1. The van der Waals surface area contributed by atoms with E-state index in [9.17, 15) is 18.0 Å². The van der Waals surface area contributed by atoms with Crippen LogP contribution in [0.2, 0.25) is 0 Å². The molecular weight excluding hydrogens is 461 g/mol. The molecule has 1 N–H and O–H groups in total. The maximum Gasteiger partial charge on any atom is 0.360 e. The molecule has 8 nitrogen and oxygen atoms in total. The SMILES string of the molecule is CCC(On1c(=O)[nH]c2ncc(-c3cnn(C4CCN(C)CC4)c3)cc21)c1c(F)ccc(F)c1F. The minimum absolute atomic E-state index is 0.0902. The largest absolute Gasteiger partial charge is 0.401 e. The molecule has 184 valence electrons. The first-order chi connectivity index (χ1) is 16.9. The molecule has 35 heavy (non-hydrogen) atoms. The van der Waals surface area contributed by atoms with Crippen LogP contribution >= 0.6 is 0 Å². The zero-order chi connectivity index (χ0) is 24.7. The number of aromatic nitrogens is 5. The van der Waals surface area contributed by atoms with Gasteiger partial charge < -0.3 is 9.74 Å². The van der Waals surface area contributed by atoms with Gasteiger partial charge >= 0.3 is 5.69 Å². The van der Waals surface area contributed by atoms with Crippen LogP contribution < -0.4 is 10.5 Å². The average molecular weight is 486 g/mol. The third kappa shape index (κ3) is 4.31. The number of pyridine rings is 1. The Kier molecular flexibility index (Phi) is 6.10. The molecule has 1 fully saturated rings. The Morgan fingerprint density at radius 2 is 1.89 bits per heavy atom. The zero-order valence-electron chi connectivity index (χ0n) is 19.3. The highest BCUT2D eigenvalue weighted by molar-refractivity contribution is 5.77. The molecule has 5 rings (SSSR count). The predicted octanol–water partition coefficient (Wildman–Crippen LogP) is 3.85. The summed E-state index contributed by atoms with van der Waals surface area (Å²) in [5.41, 5.74) is 0.809. The lowest BCUT2D eigenvalue weighted by molar-refractivity contribution is 0.0302. The number of H-pyrrole nitrogens is 1. The van der Waals surface area contributed by atoms with Gasteiger partial charge in [0.25, 0.3) is 0 Å². The van der Waals surface area contributed by atoms with Crippen LogP contribution in [0.5, 0.6) is 0 Å². The van der Waals surface area contributed by atoms with Gasteiger partial charge in [0.15, 0.2) is 23.4 Å². The number of hydrogen-bond donors (Lipinski definition) is 1. The molecule has 1 saturated heterocycles. The van der Waals surface area contributed by atoms with E-state index in [1.807, 2.05) is 10.9 Å². The molecular formula is C24H25F3N6O2. The van der Waals surface area contributed by atoms with Gasteiger partial charge in [-0.1, -0.05) is 6.92 Å². The molecule has 0 bridgehead atoms. The van der Waals surface area contributed by atoms with E-state index in [1.165, 1.54) is 0 Å². The number of nitrogens with zero attached hydrogens (tertiary/aromatic N) is 5. The summed E-state index contributed by atoms with van der Waals surface area (Å²) < 4.78 is 45.4. The standard InChI is InChI=1S/C24H25F3N6O2/c1-3-20(21-17(25)4-5-18(26)22(21)27)35-33-19-10-14(11-28-23(19)30-24(33)34)15-12-29-32(13-15)16-6-8-31(2)9-7-16/h4-5,10-13,16,20H,3,6-9H2,1-2H3,(H,28,30,34). The van der Waals surface area contributed by atoms with E-state index in [4.69, 9.17) is 4.84 Å². The molecule has 4 heterocycles. The molecule has 0 saturated carbocycles. The van der Waals surface area contributed by atoms with Crippen LogP contribution in [0.3, 0.4) is 0 Å². The number of halogens is 3. The first-order valence-electron chi connectivity index (χ1n) is 11.5. The third-order valence-corrected chi connectivity index (χ3v) is 6.50. The highest BCUT2D eigenvalue weighted by Crippen LogP contribution is 2.28. The summed E-state index contributed by atoms with van der Waals surface area (Å²) >= 11 is 0. The fourth-order valence-electron chi connectivity index (χ4n) is 4.47. The Balaban J connectivity index is 1.48. The van der Waals surface area contributed by atoms with Gasteiger partial charge in [-0.3, -0.25) is 9.67 Å². The van der Waals surface area contributed by atoms with Crippen molar-refractivity contribution in [2.24, 2.45) is 0 Å². The van der Waals surface area contributed by atoms with Crippen molar-refractivity contribution >= 4 is 11.2 Å². The monoisotopic (exact) mass is 486 g/mol. The van der Waals surface area contributed by atoms with Crippen molar-refractivity contribution in [2.75, 3.05) is 20.1 Å². The van der Waals surface area contributed by atoms with Crippen molar-refractivity contribution < 1.29 is 18.0 Å². The van der Waals surface area contributed by atoms with E-state index >= 15 is 0 Å². The van der Waals surface area contributed by atoms with Crippen LogP contribution in [-0.4, -0.2) is 49.5 Å². The van der Waals surface area contributed by atoms with Crippen molar-refractivity contribution in [3.63, 3.8) is 0 Å². The molecule has 3 aromatic heterocycles. The average Bonchev–Trinajstić information content (AvgIpc) is 3.46. The van der Waals surface area contributed by atoms with Crippen molar-refractivity contribution in [1.29, 1.82) is 0 Å². The zero-order valence-corrected chi connectivity index (χ0v) is 19.3. The second-order valence-corrected chi connectivity index (χ2v) is 8.82. The highest BCUT2D eigenvalue weighted by Gasteiger charge is 2.26. The van der Waals surface area contributed by atoms with E-state index in [0.29, 0.717) is 17.7 Å². The Labute approximate surface area is 198 Å². The Bertz CT molecular complexity index is 1420. The van der Waals surface area contributed by atoms with Crippen molar-refractivity contribution in [1.82, 2.24) is 29.4 Å². The molecule has 0 spiro atoms. The van der Waals surface area contributed by atoms with E-state index in [0.717, 1.165) is 42.3 Å². The lowest BCUT2D eigenvalue weighted by Crippen LogP contribution is -2.31. The fourth-order valence-corrected chi connectivity index (χ4v) is 4.47. The van der Waals surface area contributed by atoms with E-state index in [1.54, 1.807) is 25.4 Å².